The Kier molecular flexibility index (Phi) is 4.77. The molecule has 1 amide bonds. The van der Waals surface area contributed by atoms with Gasteiger partial charge in [0.2, 0.25) is 0 Å². The Labute approximate surface area is 184 Å². The van der Waals surface area contributed by atoms with E-state index in [0.717, 1.165) is 34.8 Å². The number of amidine groups is 1. The molecule has 5 rings (SSSR count). The number of nitrogens with zero attached hydrogens (tertiary/aromatic N) is 3. The van der Waals surface area contributed by atoms with Gasteiger partial charge in [-0.3, -0.25) is 14.5 Å². The van der Waals surface area contributed by atoms with E-state index in [1.807, 2.05) is 13.1 Å². The highest BCUT2D eigenvalue weighted by molar-refractivity contribution is 7.89. The maximum atomic E-state index is 13.5. The van der Waals surface area contributed by atoms with Gasteiger partial charge in [0.1, 0.15) is 11.7 Å². The van der Waals surface area contributed by atoms with Crippen molar-refractivity contribution in [3.8, 4) is 0 Å². The molecule has 0 saturated carbocycles. The third-order valence-electron chi connectivity index (χ3n) is 5.73. The minimum absolute atomic E-state index is 0.0524. The topological polar surface area (TPSA) is 106 Å². The van der Waals surface area contributed by atoms with Gasteiger partial charge in [0, 0.05) is 38.4 Å². The summed E-state index contributed by atoms with van der Waals surface area (Å²) in [6, 6.07) is 10.3. The van der Waals surface area contributed by atoms with Crippen LogP contribution < -0.4 is 21.0 Å². The van der Waals surface area contributed by atoms with Crippen LogP contribution in [0.2, 0.25) is 0 Å². The normalized spacial score (nSPS) is 19.4. The van der Waals surface area contributed by atoms with Gasteiger partial charge >= 0.3 is 0 Å². The molecule has 32 heavy (non-hydrogen) atoms. The molecule has 0 spiro atoms. The number of carbonyl (C=O) groups excluding carboxylic acids is 1. The fourth-order valence-electron chi connectivity index (χ4n) is 3.98. The van der Waals surface area contributed by atoms with Crippen molar-refractivity contribution in [1.82, 2.24) is 15.0 Å². The number of benzene rings is 2. The fourth-order valence-corrected chi connectivity index (χ4v) is 5.36. The summed E-state index contributed by atoms with van der Waals surface area (Å²) in [4.78, 5) is 14.8. The molecule has 3 N–H and O–H groups in total. The van der Waals surface area contributed by atoms with Gasteiger partial charge in [0.25, 0.3) is 15.9 Å². The van der Waals surface area contributed by atoms with Crippen molar-refractivity contribution in [3.63, 3.8) is 0 Å². The lowest BCUT2D eigenvalue weighted by atomic mass is 10.1. The largest absolute Gasteiger partial charge is 0.382 e. The molecule has 2 aromatic carbocycles. The van der Waals surface area contributed by atoms with E-state index in [1.54, 1.807) is 12.1 Å². The Balaban J connectivity index is 1.31. The zero-order valence-corrected chi connectivity index (χ0v) is 18.0. The molecule has 9 nitrogen and oxygen atoms in total. The van der Waals surface area contributed by atoms with Crippen molar-refractivity contribution >= 4 is 33.1 Å². The molecule has 1 unspecified atom stereocenters. The number of hydrazone groups is 1. The first-order chi connectivity index (χ1) is 15.3. The Morgan fingerprint density at radius 1 is 1.25 bits per heavy atom. The number of hydrogen-bond donors (Lipinski definition) is 3. The predicted molar refractivity (Wildman–Crippen MR) is 118 cm³/mol. The number of anilines is 2. The number of sulfonamides is 1. The molecule has 0 aliphatic carbocycles. The molecule has 0 bridgehead atoms. The Hall–Kier alpha value is -3.60. The van der Waals surface area contributed by atoms with E-state index in [1.165, 1.54) is 24.4 Å². The number of rotatable bonds is 3. The van der Waals surface area contributed by atoms with E-state index < -0.39 is 21.8 Å². The quantitative estimate of drug-likeness (QED) is 0.646. The molecular formula is C21H21FN6O3S. The van der Waals surface area contributed by atoms with Crippen LogP contribution in [0.5, 0.6) is 0 Å². The molecule has 1 atom stereocenters. The molecule has 3 heterocycles. The van der Waals surface area contributed by atoms with Crippen molar-refractivity contribution in [3.05, 3.63) is 65.7 Å². The third-order valence-corrected chi connectivity index (χ3v) is 7.46. The minimum atomic E-state index is -3.93. The second-order valence-electron chi connectivity index (χ2n) is 7.81. The zero-order chi connectivity index (χ0) is 22.5. The first kappa shape index (κ1) is 20.3. The van der Waals surface area contributed by atoms with Crippen LogP contribution in [-0.2, 0) is 10.0 Å². The van der Waals surface area contributed by atoms with E-state index in [4.69, 9.17) is 0 Å². The monoisotopic (exact) mass is 456 g/mol. The highest BCUT2D eigenvalue weighted by Gasteiger charge is 2.39. The molecule has 3 aliphatic heterocycles. The summed E-state index contributed by atoms with van der Waals surface area (Å²) in [7, 11) is -1.93. The SMILES string of the molecule is CN1CCNc2cc(C(=O)NC3=NNC4=CN(S(=O)(=O)c5cccc(F)c5)CC43)ccc21. The first-order valence-corrected chi connectivity index (χ1v) is 11.5. The van der Waals surface area contributed by atoms with Gasteiger partial charge < -0.3 is 15.5 Å². The van der Waals surface area contributed by atoms with Crippen molar-refractivity contribution in [2.24, 2.45) is 11.0 Å². The van der Waals surface area contributed by atoms with Crippen LogP contribution >= 0.6 is 0 Å². The molecule has 166 valence electrons. The van der Waals surface area contributed by atoms with E-state index in [-0.39, 0.29) is 17.3 Å². The third kappa shape index (κ3) is 3.44. The second kappa shape index (κ2) is 7.52. The highest BCUT2D eigenvalue weighted by Crippen LogP contribution is 2.31. The number of carbonyl (C=O) groups is 1. The molecule has 0 fully saturated rings. The van der Waals surface area contributed by atoms with Gasteiger partial charge in [-0.1, -0.05) is 6.07 Å². The van der Waals surface area contributed by atoms with Gasteiger partial charge in [-0.15, -0.1) is 0 Å². The standard InChI is InChI=1S/C21H21FN6O3S/c1-27-8-7-23-17-9-13(5-6-19(17)27)21(29)24-20-16-11-28(12-18(16)25-26-20)32(30,31)15-4-2-3-14(22)10-15/h2-6,9-10,12,16,23,25H,7-8,11H2,1H3,(H,24,26,29). The van der Waals surface area contributed by atoms with Crippen molar-refractivity contribution in [2.45, 2.75) is 4.90 Å². The van der Waals surface area contributed by atoms with Crippen LogP contribution in [-0.4, -0.2) is 51.1 Å². The van der Waals surface area contributed by atoms with Gasteiger partial charge in [-0.05, 0) is 36.4 Å². The molecule has 0 saturated heterocycles. The number of hydrogen-bond acceptors (Lipinski definition) is 7. The smallest absolute Gasteiger partial charge is 0.264 e. The predicted octanol–water partition coefficient (Wildman–Crippen LogP) is 1.50. The summed E-state index contributed by atoms with van der Waals surface area (Å²) in [5.74, 6) is -1.07. The van der Waals surface area contributed by atoms with Gasteiger partial charge in [0.05, 0.1) is 27.9 Å². The fraction of sp³-hybridized carbons (Fsp3) is 0.238. The minimum Gasteiger partial charge on any atom is -0.382 e. The van der Waals surface area contributed by atoms with Gasteiger partial charge in [-0.25, -0.2) is 12.8 Å². The number of nitrogens with one attached hydrogen (secondary N) is 3. The van der Waals surface area contributed by atoms with Crippen molar-refractivity contribution in [1.29, 1.82) is 0 Å². The highest BCUT2D eigenvalue weighted by atomic mass is 32.2. The summed E-state index contributed by atoms with van der Waals surface area (Å²) in [5.41, 5.74) is 5.70. The van der Waals surface area contributed by atoms with Crippen LogP contribution in [0.4, 0.5) is 15.8 Å². The van der Waals surface area contributed by atoms with Crippen molar-refractivity contribution < 1.29 is 17.6 Å². The summed E-state index contributed by atoms with van der Waals surface area (Å²) in [5, 5.41) is 10.2. The average molecular weight is 457 g/mol. The van der Waals surface area contributed by atoms with E-state index >= 15 is 0 Å². The number of halogens is 1. The summed E-state index contributed by atoms with van der Waals surface area (Å²) < 4.78 is 40.4. The maximum Gasteiger partial charge on any atom is 0.264 e. The molecular weight excluding hydrogens is 435 g/mol. The average Bonchev–Trinajstić information content (AvgIpc) is 3.36. The van der Waals surface area contributed by atoms with E-state index in [0.29, 0.717) is 17.1 Å². The van der Waals surface area contributed by atoms with Crippen LogP contribution in [0.1, 0.15) is 10.4 Å². The Morgan fingerprint density at radius 2 is 2.09 bits per heavy atom. The molecule has 0 radical (unpaired) electrons. The Morgan fingerprint density at radius 3 is 2.91 bits per heavy atom. The summed E-state index contributed by atoms with van der Waals surface area (Å²) >= 11 is 0. The number of likely N-dealkylation sites (N-methyl/N-ethyl adjacent to an activating group) is 1. The molecule has 0 aromatic heterocycles. The molecule has 2 aromatic rings. The number of amides is 1. The van der Waals surface area contributed by atoms with E-state index in [9.17, 15) is 17.6 Å². The zero-order valence-electron chi connectivity index (χ0n) is 17.2. The second-order valence-corrected chi connectivity index (χ2v) is 9.70. The summed E-state index contributed by atoms with van der Waals surface area (Å²) in [6.07, 6.45) is 1.42. The van der Waals surface area contributed by atoms with E-state index in [2.05, 4.69) is 26.1 Å². The number of fused-ring (bicyclic) bond motifs is 2. The lowest BCUT2D eigenvalue weighted by Crippen LogP contribution is -2.37. The summed E-state index contributed by atoms with van der Waals surface area (Å²) in [6.45, 7) is 1.72. The maximum absolute atomic E-state index is 13.5. The Bertz CT molecular complexity index is 1280. The van der Waals surface area contributed by atoms with Gasteiger partial charge in [0.15, 0.2) is 0 Å². The lowest BCUT2D eigenvalue weighted by Gasteiger charge is -2.28. The molecule has 3 aliphatic rings. The van der Waals surface area contributed by atoms with Crippen LogP contribution in [0.15, 0.2) is 64.4 Å². The lowest BCUT2D eigenvalue weighted by molar-refractivity contribution is 0.0976. The van der Waals surface area contributed by atoms with Crippen LogP contribution in [0.25, 0.3) is 0 Å². The van der Waals surface area contributed by atoms with Crippen LogP contribution in [0, 0.1) is 11.7 Å². The van der Waals surface area contributed by atoms with Gasteiger partial charge in [-0.2, -0.15) is 5.10 Å². The first-order valence-electron chi connectivity index (χ1n) is 10.1. The molecule has 11 heteroatoms. The van der Waals surface area contributed by atoms with Crippen molar-refractivity contribution in [2.75, 3.05) is 36.9 Å². The van der Waals surface area contributed by atoms with Crippen LogP contribution in [0.3, 0.4) is 0 Å².